The molecule has 1 rings (SSSR count). The van der Waals surface area contributed by atoms with Crippen molar-refractivity contribution in [1.29, 1.82) is 0 Å². The molecule has 1 aromatic carbocycles. The van der Waals surface area contributed by atoms with Gasteiger partial charge in [-0.25, -0.2) is 0 Å². The predicted octanol–water partition coefficient (Wildman–Crippen LogP) is 4.67. The molecule has 0 atom stereocenters. The highest BCUT2D eigenvalue weighted by atomic mass is 32.2. The van der Waals surface area contributed by atoms with Crippen molar-refractivity contribution in [1.82, 2.24) is 5.32 Å². The highest BCUT2D eigenvalue weighted by molar-refractivity contribution is 8.00. The molecule has 0 amide bonds. The van der Waals surface area contributed by atoms with Gasteiger partial charge in [-0.15, -0.1) is 11.8 Å². The van der Waals surface area contributed by atoms with Crippen molar-refractivity contribution >= 4 is 23.5 Å². The topological polar surface area (TPSA) is 12.0 Å². The summed E-state index contributed by atoms with van der Waals surface area (Å²) in [5, 5.41) is 3.50. The summed E-state index contributed by atoms with van der Waals surface area (Å²) in [4.78, 5) is 1.41. The molecule has 0 bridgehead atoms. The standard InChI is InChI=1S/C16H27NS2/c1-4-18-9-6-10-19-16-8-5-7-15(11-16)13-17-12-14(2)3/h5,7-8,11,14,17H,4,6,9-10,12-13H2,1-3H3. The SMILES string of the molecule is CCSCCCSc1cccc(CNCC(C)C)c1. The molecular weight excluding hydrogens is 270 g/mol. The van der Waals surface area contributed by atoms with Crippen LogP contribution in [0.3, 0.4) is 0 Å². The molecule has 0 fully saturated rings. The molecule has 0 aliphatic heterocycles. The summed E-state index contributed by atoms with van der Waals surface area (Å²) in [6.45, 7) is 8.79. The lowest BCUT2D eigenvalue weighted by Crippen LogP contribution is -2.18. The van der Waals surface area contributed by atoms with E-state index < -0.39 is 0 Å². The van der Waals surface area contributed by atoms with E-state index in [1.807, 2.05) is 23.5 Å². The van der Waals surface area contributed by atoms with Crippen LogP contribution >= 0.6 is 23.5 Å². The van der Waals surface area contributed by atoms with Gasteiger partial charge in [0, 0.05) is 11.4 Å². The Hall–Kier alpha value is -0.120. The van der Waals surface area contributed by atoms with E-state index in [-0.39, 0.29) is 0 Å². The Morgan fingerprint density at radius 3 is 2.79 bits per heavy atom. The molecule has 1 N–H and O–H groups in total. The van der Waals surface area contributed by atoms with Crippen LogP contribution in [0.5, 0.6) is 0 Å². The zero-order valence-electron chi connectivity index (χ0n) is 12.4. The summed E-state index contributed by atoms with van der Waals surface area (Å²) in [5.74, 6) is 4.48. The summed E-state index contributed by atoms with van der Waals surface area (Å²) in [6.07, 6.45) is 1.30. The van der Waals surface area contributed by atoms with Gasteiger partial charge >= 0.3 is 0 Å². The largest absolute Gasteiger partial charge is 0.312 e. The van der Waals surface area contributed by atoms with E-state index in [0.717, 1.165) is 13.1 Å². The van der Waals surface area contributed by atoms with Gasteiger partial charge in [0.15, 0.2) is 0 Å². The summed E-state index contributed by atoms with van der Waals surface area (Å²) in [5.41, 5.74) is 1.40. The number of benzene rings is 1. The zero-order valence-corrected chi connectivity index (χ0v) is 14.1. The van der Waals surface area contributed by atoms with E-state index in [1.54, 1.807) is 0 Å². The van der Waals surface area contributed by atoms with Crippen molar-refractivity contribution in [3.63, 3.8) is 0 Å². The van der Waals surface area contributed by atoms with Crippen molar-refractivity contribution in [3.05, 3.63) is 29.8 Å². The summed E-state index contributed by atoms with van der Waals surface area (Å²) in [6, 6.07) is 8.94. The molecule has 3 heteroatoms. The summed E-state index contributed by atoms with van der Waals surface area (Å²) in [7, 11) is 0. The summed E-state index contributed by atoms with van der Waals surface area (Å²) < 4.78 is 0. The van der Waals surface area contributed by atoms with Crippen molar-refractivity contribution in [2.24, 2.45) is 5.92 Å². The van der Waals surface area contributed by atoms with Crippen LogP contribution in [0.25, 0.3) is 0 Å². The van der Waals surface area contributed by atoms with Crippen molar-refractivity contribution in [2.75, 3.05) is 23.8 Å². The average molecular weight is 298 g/mol. The van der Waals surface area contributed by atoms with Crippen LogP contribution in [-0.4, -0.2) is 23.8 Å². The van der Waals surface area contributed by atoms with E-state index in [2.05, 4.69) is 50.4 Å². The maximum atomic E-state index is 3.50. The molecule has 0 saturated carbocycles. The third-order valence-corrected chi connectivity index (χ3v) is 4.75. The lowest BCUT2D eigenvalue weighted by Gasteiger charge is -2.08. The number of rotatable bonds is 10. The first-order valence-electron chi connectivity index (χ1n) is 7.22. The Labute approximate surface area is 127 Å². The Morgan fingerprint density at radius 2 is 2.05 bits per heavy atom. The normalized spacial score (nSPS) is 11.2. The predicted molar refractivity (Wildman–Crippen MR) is 91.3 cm³/mol. The van der Waals surface area contributed by atoms with Crippen LogP contribution in [0, 0.1) is 5.92 Å². The van der Waals surface area contributed by atoms with E-state index in [4.69, 9.17) is 0 Å². The molecule has 108 valence electrons. The van der Waals surface area contributed by atoms with Gasteiger partial charge in [0.05, 0.1) is 0 Å². The molecule has 0 aliphatic rings. The lowest BCUT2D eigenvalue weighted by atomic mass is 10.2. The van der Waals surface area contributed by atoms with Gasteiger partial charge < -0.3 is 5.32 Å². The maximum absolute atomic E-state index is 3.50. The minimum absolute atomic E-state index is 0.716. The van der Waals surface area contributed by atoms with Crippen LogP contribution in [0.15, 0.2) is 29.2 Å². The van der Waals surface area contributed by atoms with Crippen molar-refractivity contribution in [3.8, 4) is 0 Å². The zero-order chi connectivity index (χ0) is 13.9. The van der Waals surface area contributed by atoms with Crippen molar-refractivity contribution in [2.45, 2.75) is 38.6 Å². The second kappa shape index (κ2) is 10.6. The smallest absolute Gasteiger partial charge is 0.0206 e. The lowest BCUT2D eigenvalue weighted by molar-refractivity contribution is 0.552. The van der Waals surface area contributed by atoms with Gasteiger partial charge in [-0.05, 0) is 53.8 Å². The van der Waals surface area contributed by atoms with Gasteiger partial charge in [-0.3, -0.25) is 0 Å². The van der Waals surface area contributed by atoms with Gasteiger partial charge in [-0.1, -0.05) is 32.9 Å². The fourth-order valence-electron chi connectivity index (χ4n) is 1.75. The third-order valence-electron chi connectivity index (χ3n) is 2.69. The van der Waals surface area contributed by atoms with Crippen LogP contribution in [0.1, 0.15) is 32.8 Å². The van der Waals surface area contributed by atoms with E-state index in [0.29, 0.717) is 5.92 Å². The van der Waals surface area contributed by atoms with Crippen LogP contribution in [0.4, 0.5) is 0 Å². The Morgan fingerprint density at radius 1 is 1.21 bits per heavy atom. The first kappa shape index (κ1) is 16.9. The van der Waals surface area contributed by atoms with E-state index in [9.17, 15) is 0 Å². The molecule has 1 aromatic rings. The number of hydrogen-bond acceptors (Lipinski definition) is 3. The fraction of sp³-hybridized carbons (Fsp3) is 0.625. The quantitative estimate of drug-likeness (QED) is 0.498. The molecular formula is C16H27NS2. The van der Waals surface area contributed by atoms with E-state index >= 15 is 0 Å². The third kappa shape index (κ3) is 8.61. The molecule has 1 nitrogen and oxygen atoms in total. The van der Waals surface area contributed by atoms with Gasteiger partial charge in [0.2, 0.25) is 0 Å². The minimum atomic E-state index is 0.716. The Bertz CT molecular complexity index is 339. The number of hydrogen-bond donors (Lipinski definition) is 1. The van der Waals surface area contributed by atoms with Crippen LogP contribution < -0.4 is 5.32 Å². The molecule has 0 unspecified atom stereocenters. The second-order valence-corrected chi connectivity index (χ2v) is 7.63. The highest BCUT2D eigenvalue weighted by Crippen LogP contribution is 2.20. The fourth-order valence-corrected chi connectivity index (χ4v) is 3.50. The van der Waals surface area contributed by atoms with Crippen LogP contribution in [-0.2, 0) is 6.54 Å². The molecule has 0 radical (unpaired) electrons. The Kier molecular flexibility index (Phi) is 9.48. The van der Waals surface area contributed by atoms with Gasteiger partial charge in [0.25, 0.3) is 0 Å². The molecule has 19 heavy (non-hydrogen) atoms. The molecule has 0 aliphatic carbocycles. The maximum Gasteiger partial charge on any atom is 0.0206 e. The molecule has 0 spiro atoms. The minimum Gasteiger partial charge on any atom is -0.312 e. The number of thioether (sulfide) groups is 2. The van der Waals surface area contributed by atoms with Crippen molar-refractivity contribution < 1.29 is 0 Å². The average Bonchev–Trinajstić information content (AvgIpc) is 2.39. The molecule has 0 saturated heterocycles. The summed E-state index contributed by atoms with van der Waals surface area (Å²) >= 11 is 4.02. The van der Waals surface area contributed by atoms with Gasteiger partial charge in [-0.2, -0.15) is 11.8 Å². The molecule has 0 heterocycles. The Balaban J connectivity index is 2.27. The monoisotopic (exact) mass is 297 g/mol. The first-order valence-corrected chi connectivity index (χ1v) is 9.36. The number of nitrogens with one attached hydrogen (secondary N) is 1. The van der Waals surface area contributed by atoms with E-state index in [1.165, 1.54) is 34.1 Å². The molecule has 0 aromatic heterocycles. The first-order chi connectivity index (χ1) is 9.22. The second-order valence-electron chi connectivity index (χ2n) is 5.07. The highest BCUT2D eigenvalue weighted by Gasteiger charge is 1.98. The van der Waals surface area contributed by atoms with Gasteiger partial charge in [0.1, 0.15) is 0 Å². The van der Waals surface area contributed by atoms with Crippen LogP contribution in [0.2, 0.25) is 0 Å².